The maximum Gasteiger partial charge on any atom is 0.0372 e. The molecule has 0 aromatic heterocycles. The molecule has 0 aliphatic heterocycles. The summed E-state index contributed by atoms with van der Waals surface area (Å²) in [6.45, 7) is 9.31. The summed E-state index contributed by atoms with van der Waals surface area (Å²) in [4.78, 5) is 0. The minimum Gasteiger partial charge on any atom is -0.382 e. The molecule has 0 atom stereocenters. The number of halogens is 1. The third kappa shape index (κ3) is 3.98. The molecule has 1 saturated carbocycles. The van der Waals surface area contributed by atoms with Gasteiger partial charge in [0, 0.05) is 16.2 Å². The average Bonchev–Trinajstić information content (AvgIpc) is 2.32. The quantitative estimate of drug-likeness (QED) is 0.728. The van der Waals surface area contributed by atoms with Gasteiger partial charge in [-0.1, -0.05) is 36.7 Å². The summed E-state index contributed by atoms with van der Waals surface area (Å²) in [5.41, 5.74) is 3.09. The van der Waals surface area contributed by atoms with Crippen molar-refractivity contribution in [2.75, 3.05) is 5.32 Å². The summed E-state index contributed by atoms with van der Waals surface area (Å²) in [5, 5.41) is 3.73. The Morgan fingerprint density at radius 2 is 1.74 bits per heavy atom. The maximum absolute atomic E-state index is 3.73. The van der Waals surface area contributed by atoms with Crippen LogP contribution in [0.3, 0.4) is 0 Å². The van der Waals surface area contributed by atoms with E-state index in [4.69, 9.17) is 0 Å². The van der Waals surface area contributed by atoms with Gasteiger partial charge in [0.25, 0.3) is 0 Å². The van der Waals surface area contributed by atoms with Gasteiger partial charge in [-0.05, 0) is 67.7 Å². The van der Waals surface area contributed by atoms with Crippen LogP contribution >= 0.6 is 15.9 Å². The van der Waals surface area contributed by atoms with Gasteiger partial charge in [0.05, 0.1) is 0 Å². The highest BCUT2D eigenvalue weighted by molar-refractivity contribution is 9.10. The topological polar surface area (TPSA) is 12.0 Å². The number of rotatable bonds is 2. The molecule has 19 heavy (non-hydrogen) atoms. The van der Waals surface area contributed by atoms with Crippen molar-refractivity contribution in [3.05, 3.63) is 28.2 Å². The molecule has 1 aliphatic rings. The van der Waals surface area contributed by atoms with Crippen LogP contribution in [0, 0.1) is 18.3 Å². The van der Waals surface area contributed by atoms with Crippen LogP contribution < -0.4 is 5.32 Å². The zero-order chi connectivity index (χ0) is 14.0. The summed E-state index contributed by atoms with van der Waals surface area (Å²) >= 11 is 3.52. The number of nitrogens with one attached hydrogen (secondary N) is 1. The Morgan fingerprint density at radius 1 is 1.11 bits per heavy atom. The van der Waals surface area contributed by atoms with Crippen molar-refractivity contribution < 1.29 is 0 Å². The van der Waals surface area contributed by atoms with E-state index in [0.29, 0.717) is 11.5 Å². The maximum atomic E-state index is 3.73. The Hall–Kier alpha value is -0.500. The first kappa shape index (κ1) is 14.9. The van der Waals surface area contributed by atoms with Gasteiger partial charge < -0.3 is 5.32 Å². The second-order valence-corrected chi connectivity index (χ2v) is 7.93. The molecule has 1 N–H and O–H groups in total. The van der Waals surface area contributed by atoms with Gasteiger partial charge in [-0.3, -0.25) is 0 Å². The molecule has 0 saturated heterocycles. The molecular weight excluding hydrogens is 298 g/mol. The molecule has 1 aromatic rings. The van der Waals surface area contributed by atoms with Crippen molar-refractivity contribution >= 4 is 21.6 Å². The third-order valence-corrected chi connectivity index (χ3v) is 4.99. The van der Waals surface area contributed by atoms with Crippen LogP contribution in [0.25, 0.3) is 0 Å². The highest BCUT2D eigenvalue weighted by Crippen LogP contribution is 2.38. The van der Waals surface area contributed by atoms with Crippen molar-refractivity contribution in [3.63, 3.8) is 0 Å². The van der Waals surface area contributed by atoms with Crippen molar-refractivity contribution in [2.45, 2.75) is 59.4 Å². The number of anilines is 1. The van der Waals surface area contributed by atoms with Crippen LogP contribution in [-0.2, 0) is 0 Å². The lowest BCUT2D eigenvalue weighted by Gasteiger charge is -2.37. The summed E-state index contributed by atoms with van der Waals surface area (Å²) in [7, 11) is 0. The van der Waals surface area contributed by atoms with Gasteiger partial charge in [-0.25, -0.2) is 0 Å². The highest BCUT2D eigenvalue weighted by atomic mass is 79.9. The molecule has 1 aliphatic carbocycles. The zero-order valence-corrected chi connectivity index (χ0v) is 14.2. The van der Waals surface area contributed by atoms with Crippen LogP contribution in [0.5, 0.6) is 0 Å². The van der Waals surface area contributed by atoms with Crippen LogP contribution in [0.4, 0.5) is 5.69 Å². The molecule has 1 aromatic carbocycles. The fourth-order valence-electron chi connectivity index (χ4n) is 3.11. The molecule has 0 unspecified atom stereocenters. The van der Waals surface area contributed by atoms with Crippen molar-refractivity contribution in [3.8, 4) is 0 Å². The lowest BCUT2D eigenvalue weighted by atomic mass is 9.71. The number of hydrogen-bond donors (Lipinski definition) is 1. The number of aryl methyl sites for hydroxylation is 1. The summed E-state index contributed by atoms with van der Waals surface area (Å²) in [6, 6.07) is 7.15. The van der Waals surface area contributed by atoms with Crippen LogP contribution in [0.15, 0.2) is 22.7 Å². The lowest BCUT2D eigenvalue weighted by Crippen LogP contribution is -2.31. The lowest BCUT2D eigenvalue weighted by molar-refractivity contribution is 0.173. The van der Waals surface area contributed by atoms with Gasteiger partial charge in [-0.15, -0.1) is 0 Å². The normalized spacial score (nSPS) is 24.3. The van der Waals surface area contributed by atoms with Crippen molar-refractivity contribution in [1.82, 2.24) is 0 Å². The minimum absolute atomic E-state index is 0.471. The molecular formula is C17H26BrN. The zero-order valence-electron chi connectivity index (χ0n) is 12.6. The minimum atomic E-state index is 0.471. The molecule has 106 valence electrons. The Kier molecular flexibility index (Phi) is 4.60. The number of hydrogen-bond acceptors (Lipinski definition) is 1. The van der Waals surface area contributed by atoms with Crippen LogP contribution in [0.2, 0.25) is 0 Å². The van der Waals surface area contributed by atoms with Gasteiger partial charge in [0.2, 0.25) is 0 Å². The molecule has 1 fully saturated rings. The van der Waals surface area contributed by atoms with Gasteiger partial charge in [0.15, 0.2) is 0 Å². The fourth-order valence-corrected chi connectivity index (χ4v) is 3.59. The fraction of sp³-hybridized carbons (Fsp3) is 0.647. The van der Waals surface area contributed by atoms with E-state index in [1.165, 1.54) is 36.9 Å². The van der Waals surface area contributed by atoms with E-state index in [1.807, 2.05) is 0 Å². The predicted octanol–water partition coefficient (Wildman–Crippen LogP) is 5.77. The number of benzene rings is 1. The molecule has 0 spiro atoms. The molecule has 1 nitrogen and oxygen atoms in total. The second-order valence-electron chi connectivity index (χ2n) is 7.02. The Labute approximate surface area is 126 Å². The Balaban J connectivity index is 1.92. The van der Waals surface area contributed by atoms with E-state index in [2.05, 4.69) is 67.1 Å². The van der Waals surface area contributed by atoms with Gasteiger partial charge in [-0.2, -0.15) is 0 Å². The molecule has 0 bridgehead atoms. The Bertz CT molecular complexity index is 425. The predicted molar refractivity (Wildman–Crippen MR) is 87.7 cm³/mol. The van der Waals surface area contributed by atoms with E-state index in [0.717, 1.165) is 10.4 Å². The molecule has 0 heterocycles. The SMILES string of the molecule is Cc1cc(Br)ccc1NC1CCC(C(C)(C)C)CC1. The second kappa shape index (κ2) is 5.87. The molecule has 0 radical (unpaired) electrons. The molecule has 0 amide bonds. The Morgan fingerprint density at radius 3 is 2.26 bits per heavy atom. The molecule has 2 rings (SSSR count). The first-order valence-electron chi connectivity index (χ1n) is 7.39. The van der Waals surface area contributed by atoms with E-state index < -0.39 is 0 Å². The average molecular weight is 324 g/mol. The van der Waals surface area contributed by atoms with Crippen LogP contribution in [0.1, 0.15) is 52.0 Å². The monoisotopic (exact) mass is 323 g/mol. The van der Waals surface area contributed by atoms with E-state index in [9.17, 15) is 0 Å². The largest absolute Gasteiger partial charge is 0.382 e. The smallest absolute Gasteiger partial charge is 0.0372 e. The first-order chi connectivity index (χ1) is 8.86. The summed E-state index contributed by atoms with van der Waals surface area (Å²) in [5.74, 6) is 0.886. The van der Waals surface area contributed by atoms with Crippen molar-refractivity contribution in [1.29, 1.82) is 0 Å². The first-order valence-corrected chi connectivity index (χ1v) is 8.18. The van der Waals surface area contributed by atoms with E-state index in [1.54, 1.807) is 0 Å². The third-order valence-electron chi connectivity index (χ3n) is 4.50. The van der Waals surface area contributed by atoms with Crippen molar-refractivity contribution in [2.24, 2.45) is 11.3 Å². The van der Waals surface area contributed by atoms with E-state index >= 15 is 0 Å². The van der Waals surface area contributed by atoms with Gasteiger partial charge in [0.1, 0.15) is 0 Å². The standard InChI is InChI=1S/C17H26BrN/c1-12-11-14(18)7-10-16(12)19-15-8-5-13(6-9-15)17(2,3)4/h7,10-11,13,15,19H,5-6,8-9H2,1-4H3. The summed E-state index contributed by atoms with van der Waals surface area (Å²) < 4.78 is 1.16. The highest BCUT2D eigenvalue weighted by Gasteiger charge is 2.29. The molecule has 2 heteroatoms. The van der Waals surface area contributed by atoms with E-state index in [-0.39, 0.29) is 0 Å². The van der Waals surface area contributed by atoms with Crippen LogP contribution in [-0.4, -0.2) is 6.04 Å². The summed E-state index contributed by atoms with van der Waals surface area (Å²) in [6.07, 6.45) is 5.32. The van der Waals surface area contributed by atoms with Gasteiger partial charge >= 0.3 is 0 Å².